The third kappa shape index (κ3) is 4.73. The number of nitrogens with one attached hydrogen (secondary N) is 1. The van der Waals surface area contributed by atoms with Gasteiger partial charge in [0.05, 0.1) is 4.90 Å². The molecule has 1 rings (SSSR count). The topological polar surface area (TPSA) is 89.3 Å². The Morgan fingerprint density at radius 2 is 1.84 bits per heavy atom. The molecule has 0 aromatic heterocycles. The van der Waals surface area contributed by atoms with Crippen LogP contribution in [0.1, 0.15) is 6.42 Å². The quantitative estimate of drug-likeness (QED) is 0.825. The first kappa shape index (κ1) is 15.8. The maximum atomic E-state index is 12.2. The van der Waals surface area contributed by atoms with E-state index in [4.69, 9.17) is 17.3 Å². The molecule has 106 valence electrons. The fourth-order valence-electron chi connectivity index (χ4n) is 1.27. The van der Waals surface area contributed by atoms with Gasteiger partial charge in [-0.25, -0.2) is 17.2 Å². The van der Waals surface area contributed by atoms with Crippen molar-refractivity contribution >= 4 is 27.5 Å². The van der Waals surface area contributed by atoms with Crippen LogP contribution < -0.4 is 10.5 Å². The van der Waals surface area contributed by atoms with Crippen molar-refractivity contribution in [2.75, 3.05) is 0 Å². The van der Waals surface area contributed by atoms with Gasteiger partial charge in [0, 0.05) is 11.4 Å². The van der Waals surface area contributed by atoms with E-state index in [1.54, 1.807) is 0 Å². The predicted octanol–water partition coefficient (Wildman–Crippen LogP) is 1.13. The largest absolute Gasteiger partial charge is 0.368 e. The van der Waals surface area contributed by atoms with Crippen molar-refractivity contribution in [2.45, 2.75) is 23.8 Å². The fraction of sp³-hybridized carbons (Fsp3) is 0.300. The molecule has 0 aliphatic carbocycles. The maximum Gasteiger partial charge on any atom is 0.241 e. The van der Waals surface area contributed by atoms with Gasteiger partial charge in [-0.1, -0.05) is 11.6 Å². The molecule has 0 fully saturated rings. The van der Waals surface area contributed by atoms with E-state index in [2.05, 4.69) is 0 Å². The predicted molar refractivity (Wildman–Crippen MR) is 65.4 cm³/mol. The number of hydrogen-bond donors (Lipinski definition) is 2. The average Bonchev–Trinajstić information content (AvgIpc) is 2.27. The number of hydrogen-bond acceptors (Lipinski definition) is 3. The minimum Gasteiger partial charge on any atom is -0.368 e. The number of rotatable bonds is 6. The van der Waals surface area contributed by atoms with Crippen LogP contribution in [0, 0.1) is 0 Å². The van der Waals surface area contributed by atoms with Crippen molar-refractivity contribution in [3.8, 4) is 0 Å². The van der Waals surface area contributed by atoms with Crippen LogP contribution in [0.3, 0.4) is 0 Å². The zero-order chi connectivity index (χ0) is 14.6. The van der Waals surface area contributed by atoms with Gasteiger partial charge in [0.2, 0.25) is 22.4 Å². The van der Waals surface area contributed by atoms with Crippen molar-refractivity contribution in [1.82, 2.24) is 4.72 Å². The summed E-state index contributed by atoms with van der Waals surface area (Å²) in [7, 11) is -4.11. The molecule has 0 spiro atoms. The van der Waals surface area contributed by atoms with Gasteiger partial charge in [0.1, 0.15) is 6.04 Å². The lowest BCUT2D eigenvalue weighted by atomic mass is 10.2. The zero-order valence-electron chi connectivity index (χ0n) is 9.52. The standard InChI is InChI=1S/C10H11ClF2N2O3S/c11-6-1-3-7(4-2-6)19(17,18)15-8(10(14)16)5-9(12)13/h1-4,8-9,15H,5H2,(H2,14,16). The van der Waals surface area contributed by atoms with Crippen LogP contribution in [-0.2, 0) is 14.8 Å². The van der Waals surface area contributed by atoms with E-state index < -0.39 is 34.8 Å². The summed E-state index contributed by atoms with van der Waals surface area (Å²) < 4.78 is 49.9. The number of benzene rings is 1. The van der Waals surface area contributed by atoms with E-state index in [0.29, 0.717) is 5.02 Å². The molecule has 1 unspecified atom stereocenters. The highest BCUT2D eigenvalue weighted by Gasteiger charge is 2.26. The molecule has 0 radical (unpaired) electrons. The number of carbonyl (C=O) groups is 1. The van der Waals surface area contributed by atoms with Gasteiger partial charge >= 0.3 is 0 Å². The van der Waals surface area contributed by atoms with E-state index in [9.17, 15) is 22.0 Å². The normalized spacial score (nSPS) is 13.5. The van der Waals surface area contributed by atoms with E-state index in [1.807, 2.05) is 4.72 Å². The van der Waals surface area contributed by atoms with Gasteiger partial charge in [-0.2, -0.15) is 4.72 Å². The average molecular weight is 313 g/mol. The Morgan fingerprint density at radius 3 is 2.26 bits per heavy atom. The number of carbonyl (C=O) groups excluding carboxylic acids is 1. The van der Waals surface area contributed by atoms with Crippen LogP contribution in [0.2, 0.25) is 5.02 Å². The van der Waals surface area contributed by atoms with Crippen LogP contribution >= 0.6 is 11.6 Å². The van der Waals surface area contributed by atoms with Gasteiger partial charge in [0.15, 0.2) is 0 Å². The molecule has 0 heterocycles. The van der Waals surface area contributed by atoms with Crippen LogP contribution in [0.5, 0.6) is 0 Å². The zero-order valence-corrected chi connectivity index (χ0v) is 11.1. The lowest BCUT2D eigenvalue weighted by molar-refractivity contribution is -0.120. The monoisotopic (exact) mass is 312 g/mol. The number of nitrogens with two attached hydrogens (primary N) is 1. The molecular formula is C10H11ClF2N2O3S. The van der Waals surface area contributed by atoms with Gasteiger partial charge < -0.3 is 5.73 Å². The number of sulfonamides is 1. The summed E-state index contributed by atoms with van der Waals surface area (Å²) in [6, 6.07) is 3.35. The highest BCUT2D eigenvalue weighted by Crippen LogP contribution is 2.15. The van der Waals surface area contributed by atoms with E-state index in [0.717, 1.165) is 0 Å². The Labute approximate surface area is 113 Å². The third-order valence-electron chi connectivity index (χ3n) is 2.18. The Hall–Kier alpha value is -1.25. The molecule has 9 heteroatoms. The third-order valence-corrected chi connectivity index (χ3v) is 3.92. The second kappa shape index (κ2) is 6.27. The van der Waals surface area contributed by atoms with Gasteiger partial charge in [-0.05, 0) is 24.3 Å². The van der Waals surface area contributed by atoms with Crippen molar-refractivity contribution < 1.29 is 22.0 Å². The molecule has 0 aliphatic heterocycles. The molecule has 3 N–H and O–H groups in total. The summed E-state index contributed by atoms with van der Waals surface area (Å²) in [4.78, 5) is 10.7. The summed E-state index contributed by atoms with van der Waals surface area (Å²) in [5, 5.41) is 0.318. The van der Waals surface area contributed by atoms with Crippen molar-refractivity contribution in [3.05, 3.63) is 29.3 Å². The lowest BCUT2D eigenvalue weighted by Gasteiger charge is -2.15. The molecule has 0 bridgehead atoms. The van der Waals surface area contributed by atoms with Gasteiger partial charge in [0.25, 0.3) is 0 Å². The lowest BCUT2D eigenvalue weighted by Crippen LogP contribution is -2.45. The molecule has 1 amide bonds. The minimum atomic E-state index is -4.11. The first-order valence-electron chi connectivity index (χ1n) is 5.08. The Bertz CT molecular complexity index is 548. The summed E-state index contributed by atoms with van der Waals surface area (Å²) in [6.07, 6.45) is -3.84. The van der Waals surface area contributed by atoms with Gasteiger partial charge in [-0.15, -0.1) is 0 Å². The SMILES string of the molecule is NC(=O)C(CC(F)F)NS(=O)(=O)c1ccc(Cl)cc1. The molecule has 0 aliphatic rings. The molecule has 0 saturated carbocycles. The number of primary amides is 1. The molecule has 19 heavy (non-hydrogen) atoms. The number of halogens is 3. The summed E-state index contributed by atoms with van der Waals surface area (Å²) >= 11 is 5.60. The summed E-state index contributed by atoms with van der Waals surface area (Å²) in [6.45, 7) is 0. The van der Waals surface area contributed by atoms with Gasteiger partial charge in [-0.3, -0.25) is 4.79 Å². The maximum absolute atomic E-state index is 12.2. The molecule has 1 aromatic rings. The number of alkyl halides is 2. The van der Waals surface area contributed by atoms with E-state index >= 15 is 0 Å². The van der Waals surface area contributed by atoms with Crippen molar-refractivity contribution in [1.29, 1.82) is 0 Å². The van der Waals surface area contributed by atoms with Crippen LogP contribution in [0.15, 0.2) is 29.2 Å². The second-order valence-corrected chi connectivity index (χ2v) is 5.81. The number of amides is 1. The first-order valence-corrected chi connectivity index (χ1v) is 6.94. The molecular weight excluding hydrogens is 302 g/mol. The van der Waals surface area contributed by atoms with Crippen LogP contribution in [-0.4, -0.2) is 26.8 Å². The highest BCUT2D eigenvalue weighted by atomic mass is 35.5. The van der Waals surface area contributed by atoms with E-state index in [1.165, 1.54) is 24.3 Å². The highest BCUT2D eigenvalue weighted by molar-refractivity contribution is 7.89. The van der Waals surface area contributed by atoms with Crippen LogP contribution in [0.25, 0.3) is 0 Å². The Kier molecular flexibility index (Phi) is 5.21. The second-order valence-electron chi connectivity index (χ2n) is 3.66. The summed E-state index contributed by atoms with van der Waals surface area (Å²) in [5.41, 5.74) is 4.87. The fourth-order valence-corrected chi connectivity index (χ4v) is 2.61. The molecule has 0 saturated heterocycles. The minimum absolute atomic E-state index is 0.197. The van der Waals surface area contributed by atoms with Crippen molar-refractivity contribution in [2.24, 2.45) is 5.73 Å². The molecule has 5 nitrogen and oxygen atoms in total. The van der Waals surface area contributed by atoms with Crippen molar-refractivity contribution in [3.63, 3.8) is 0 Å². The Morgan fingerprint density at radius 1 is 1.32 bits per heavy atom. The molecule has 1 atom stereocenters. The first-order chi connectivity index (χ1) is 8.72. The van der Waals surface area contributed by atoms with Crippen LogP contribution in [0.4, 0.5) is 8.78 Å². The van der Waals surface area contributed by atoms with E-state index in [-0.39, 0.29) is 4.90 Å². The smallest absolute Gasteiger partial charge is 0.241 e. The molecule has 1 aromatic carbocycles. The summed E-state index contributed by atoms with van der Waals surface area (Å²) in [5.74, 6) is -1.17. The Balaban J connectivity index is 2.94.